The van der Waals surface area contributed by atoms with Gasteiger partial charge < -0.3 is 15.2 Å². The molecule has 146 valence electrons. The number of rotatable bonds is 8. The second-order valence-electron chi connectivity index (χ2n) is 6.65. The van der Waals surface area contributed by atoms with Crippen LogP contribution in [-0.4, -0.2) is 38.7 Å². The Labute approximate surface area is 160 Å². The first-order valence-electron chi connectivity index (χ1n) is 8.57. The lowest BCUT2D eigenvalue weighted by molar-refractivity contribution is 0.0600. The molecule has 0 saturated heterocycles. The monoisotopic (exact) mass is 391 g/mol. The van der Waals surface area contributed by atoms with Crippen molar-refractivity contribution in [3.63, 3.8) is 0 Å². The third kappa shape index (κ3) is 6.37. The largest absolute Gasteiger partial charge is 0.465 e. The fourth-order valence-electron chi connectivity index (χ4n) is 2.78. The first-order chi connectivity index (χ1) is 12.7. The molecule has 0 amide bonds. The summed E-state index contributed by atoms with van der Waals surface area (Å²) in [4.78, 5) is 11.9. The maximum Gasteiger partial charge on any atom is 0.337 e. The van der Waals surface area contributed by atoms with Gasteiger partial charge >= 0.3 is 5.97 Å². The number of anilines is 1. The SMILES string of the molecule is COC(=O)c1cc(NCS(C)(=O)=O)cc(C(O)CC(C)c2ccccc2)c1. The van der Waals surface area contributed by atoms with E-state index in [1.54, 1.807) is 12.1 Å². The molecule has 2 aromatic carbocycles. The number of hydrogen-bond donors (Lipinski definition) is 2. The van der Waals surface area contributed by atoms with Gasteiger partial charge in [-0.05, 0) is 41.7 Å². The van der Waals surface area contributed by atoms with Gasteiger partial charge in [-0.15, -0.1) is 0 Å². The summed E-state index contributed by atoms with van der Waals surface area (Å²) >= 11 is 0. The zero-order chi connectivity index (χ0) is 20.0. The van der Waals surface area contributed by atoms with Crippen LogP contribution in [0.2, 0.25) is 0 Å². The number of carbonyl (C=O) groups is 1. The fraction of sp³-hybridized carbons (Fsp3) is 0.350. The summed E-state index contributed by atoms with van der Waals surface area (Å²) in [6.45, 7) is 2.02. The number of nitrogens with one attached hydrogen (secondary N) is 1. The Morgan fingerprint density at radius 3 is 2.41 bits per heavy atom. The maximum absolute atomic E-state index is 11.9. The van der Waals surface area contributed by atoms with Gasteiger partial charge in [0.15, 0.2) is 9.84 Å². The summed E-state index contributed by atoms with van der Waals surface area (Å²) in [7, 11) is -1.97. The lowest BCUT2D eigenvalue weighted by atomic mass is 9.91. The number of ether oxygens (including phenoxy) is 1. The number of esters is 1. The molecule has 0 saturated carbocycles. The van der Waals surface area contributed by atoms with Crippen molar-refractivity contribution in [2.24, 2.45) is 0 Å². The van der Waals surface area contributed by atoms with E-state index in [4.69, 9.17) is 4.74 Å². The molecule has 0 heterocycles. The molecular weight excluding hydrogens is 366 g/mol. The molecule has 2 unspecified atom stereocenters. The summed E-state index contributed by atoms with van der Waals surface area (Å²) in [5.41, 5.74) is 2.31. The highest BCUT2D eigenvalue weighted by Gasteiger charge is 2.18. The molecule has 0 aliphatic heterocycles. The summed E-state index contributed by atoms with van der Waals surface area (Å²) in [6.07, 6.45) is 0.755. The Bertz CT molecular complexity index is 881. The van der Waals surface area contributed by atoms with E-state index in [2.05, 4.69) is 5.32 Å². The highest BCUT2D eigenvalue weighted by Crippen LogP contribution is 2.30. The Hall–Kier alpha value is -2.38. The van der Waals surface area contributed by atoms with Crippen molar-refractivity contribution < 1.29 is 23.1 Å². The van der Waals surface area contributed by atoms with E-state index in [-0.39, 0.29) is 17.4 Å². The van der Waals surface area contributed by atoms with Gasteiger partial charge in [-0.3, -0.25) is 0 Å². The molecule has 2 rings (SSSR count). The van der Waals surface area contributed by atoms with E-state index < -0.39 is 21.9 Å². The first-order valence-corrected chi connectivity index (χ1v) is 10.6. The smallest absolute Gasteiger partial charge is 0.337 e. The van der Waals surface area contributed by atoms with Crippen LogP contribution in [0, 0.1) is 0 Å². The summed E-state index contributed by atoms with van der Waals surface area (Å²) < 4.78 is 27.5. The van der Waals surface area contributed by atoms with Crippen molar-refractivity contribution in [2.75, 3.05) is 24.6 Å². The van der Waals surface area contributed by atoms with Crippen LogP contribution in [0.3, 0.4) is 0 Å². The molecule has 0 spiro atoms. The Kier molecular flexibility index (Phi) is 6.98. The molecule has 0 radical (unpaired) electrons. The topological polar surface area (TPSA) is 92.7 Å². The van der Waals surface area contributed by atoms with E-state index in [9.17, 15) is 18.3 Å². The van der Waals surface area contributed by atoms with Crippen LogP contribution in [-0.2, 0) is 14.6 Å². The summed E-state index contributed by atoms with van der Waals surface area (Å²) in [5.74, 6) is -0.717. The van der Waals surface area contributed by atoms with Gasteiger partial charge in [0.1, 0.15) is 5.88 Å². The highest BCUT2D eigenvalue weighted by atomic mass is 32.2. The summed E-state index contributed by atoms with van der Waals surface area (Å²) in [6, 6.07) is 14.6. The predicted molar refractivity (Wildman–Crippen MR) is 106 cm³/mol. The van der Waals surface area contributed by atoms with Gasteiger partial charge in [0.25, 0.3) is 0 Å². The van der Waals surface area contributed by atoms with Gasteiger partial charge in [0, 0.05) is 11.9 Å². The molecule has 0 aliphatic rings. The van der Waals surface area contributed by atoms with E-state index in [1.165, 1.54) is 13.2 Å². The van der Waals surface area contributed by atoms with Crippen LogP contribution in [0.1, 0.15) is 46.9 Å². The van der Waals surface area contributed by atoms with Crippen molar-refractivity contribution >= 4 is 21.5 Å². The quantitative estimate of drug-likeness (QED) is 0.672. The second kappa shape index (κ2) is 9.01. The minimum atomic E-state index is -3.24. The lowest BCUT2D eigenvalue weighted by Gasteiger charge is -2.19. The molecule has 0 aliphatic carbocycles. The molecule has 2 N–H and O–H groups in total. The third-order valence-electron chi connectivity index (χ3n) is 4.25. The first kappa shape index (κ1) is 20.9. The van der Waals surface area contributed by atoms with E-state index in [0.717, 1.165) is 11.8 Å². The van der Waals surface area contributed by atoms with E-state index in [1.807, 2.05) is 37.3 Å². The van der Waals surface area contributed by atoms with Gasteiger partial charge in [-0.2, -0.15) is 0 Å². The number of aliphatic hydroxyl groups excluding tert-OH is 1. The molecule has 2 aromatic rings. The Balaban J connectivity index is 2.26. The van der Waals surface area contributed by atoms with Crippen molar-refractivity contribution in [1.82, 2.24) is 0 Å². The molecule has 2 atom stereocenters. The number of sulfone groups is 1. The molecule has 27 heavy (non-hydrogen) atoms. The van der Waals surface area contributed by atoms with Crippen LogP contribution in [0.15, 0.2) is 48.5 Å². The zero-order valence-corrected chi connectivity index (χ0v) is 16.5. The predicted octanol–water partition coefficient (Wildman–Crippen LogP) is 3.11. The molecule has 0 fully saturated rings. The number of carbonyl (C=O) groups excluding carboxylic acids is 1. The average Bonchev–Trinajstić information content (AvgIpc) is 2.65. The van der Waals surface area contributed by atoms with Crippen LogP contribution < -0.4 is 5.32 Å². The number of aliphatic hydroxyl groups is 1. The second-order valence-corrected chi connectivity index (χ2v) is 8.79. The Morgan fingerprint density at radius 2 is 1.81 bits per heavy atom. The fourth-order valence-corrected chi connectivity index (χ4v) is 3.21. The van der Waals surface area contributed by atoms with Crippen molar-refractivity contribution in [3.8, 4) is 0 Å². The highest BCUT2D eigenvalue weighted by molar-refractivity contribution is 7.90. The number of benzene rings is 2. The summed E-state index contributed by atoms with van der Waals surface area (Å²) in [5, 5.41) is 13.5. The number of methoxy groups -OCH3 is 1. The van der Waals surface area contributed by atoms with Crippen LogP contribution in [0.5, 0.6) is 0 Å². The van der Waals surface area contributed by atoms with Gasteiger partial charge in [-0.1, -0.05) is 37.3 Å². The van der Waals surface area contributed by atoms with Gasteiger partial charge in [0.2, 0.25) is 0 Å². The maximum atomic E-state index is 11.9. The van der Waals surface area contributed by atoms with Gasteiger partial charge in [-0.25, -0.2) is 13.2 Å². The van der Waals surface area contributed by atoms with Gasteiger partial charge in [0.05, 0.1) is 18.8 Å². The normalized spacial score (nSPS) is 13.6. The van der Waals surface area contributed by atoms with E-state index >= 15 is 0 Å². The molecule has 0 aromatic heterocycles. The average molecular weight is 391 g/mol. The number of hydrogen-bond acceptors (Lipinski definition) is 6. The minimum Gasteiger partial charge on any atom is -0.465 e. The van der Waals surface area contributed by atoms with Crippen LogP contribution in [0.4, 0.5) is 5.69 Å². The van der Waals surface area contributed by atoms with Crippen LogP contribution in [0.25, 0.3) is 0 Å². The molecule has 7 heteroatoms. The van der Waals surface area contributed by atoms with Crippen molar-refractivity contribution in [3.05, 3.63) is 65.2 Å². The third-order valence-corrected chi connectivity index (χ3v) is 4.91. The van der Waals surface area contributed by atoms with Crippen molar-refractivity contribution in [1.29, 1.82) is 0 Å². The Morgan fingerprint density at radius 1 is 1.15 bits per heavy atom. The lowest BCUT2D eigenvalue weighted by Crippen LogP contribution is -2.14. The minimum absolute atomic E-state index is 0.107. The van der Waals surface area contributed by atoms with Crippen molar-refractivity contribution in [2.45, 2.75) is 25.4 Å². The van der Waals surface area contributed by atoms with Crippen LogP contribution >= 0.6 is 0 Å². The van der Waals surface area contributed by atoms with E-state index in [0.29, 0.717) is 17.7 Å². The molecule has 6 nitrogen and oxygen atoms in total. The molecule has 0 bridgehead atoms. The zero-order valence-electron chi connectivity index (χ0n) is 15.7. The standard InChI is InChI=1S/C20H25NO5S/c1-14(15-7-5-4-6-8-15)9-19(22)16-10-17(20(23)26-2)12-18(11-16)21-13-27(3,24)25/h4-8,10-12,14,19,21-22H,9,13H2,1-3H3. The molecular formula is C20H25NO5S.